The van der Waals surface area contributed by atoms with Gasteiger partial charge in [0.15, 0.2) is 5.65 Å². The quantitative estimate of drug-likeness (QED) is 0.651. The Morgan fingerprint density at radius 1 is 1.18 bits per heavy atom. The minimum absolute atomic E-state index is 0.131. The van der Waals surface area contributed by atoms with Crippen LogP contribution in [-0.2, 0) is 6.54 Å². The molecule has 2 atom stereocenters. The number of aromatic nitrogens is 3. The molecule has 1 aromatic carbocycles. The zero-order valence-electron chi connectivity index (χ0n) is 15.1. The summed E-state index contributed by atoms with van der Waals surface area (Å²) in [5.74, 6) is 0.616. The van der Waals surface area contributed by atoms with Gasteiger partial charge in [0.05, 0.1) is 11.9 Å². The Bertz CT molecular complexity index is 1220. The van der Waals surface area contributed by atoms with Crippen LogP contribution < -0.4 is 5.56 Å². The fraction of sp³-hybridized carbons (Fsp3) is 0.174. The Morgan fingerprint density at radius 2 is 2.11 bits per heavy atom. The standard InChI is InChI=1S/C23H18FN3O/c24-21-12-18(17-7-6-15-3-1-4-16(15)11-17)8-9-19(21)13-27-14-26-22-20(23(27)28)5-2-10-25-22/h1-3,5-12,14-16H,4,13H2. The molecule has 2 heterocycles. The third-order valence-electron chi connectivity index (χ3n) is 5.48. The maximum absolute atomic E-state index is 14.8. The predicted molar refractivity (Wildman–Crippen MR) is 107 cm³/mol. The molecule has 0 saturated carbocycles. The van der Waals surface area contributed by atoms with Gasteiger partial charge >= 0.3 is 0 Å². The highest BCUT2D eigenvalue weighted by Crippen LogP contribution is 2.35. The second kappa shape index (κ2) is 6.68. The molecule has 2 unspecified atom stereocenters. The van der Waals surface area contributed by atoms with Crippen LogP contribution in [0.1, 0.15) is 17.5 Å². The molecular formula is C23H18FN3O. The van der Waals surface area contributed by atoms with Gasteiger partial charge in [-0.05, 0) is 41.7 Å². The second-order valence-electron chi connectivity index (χ2n) is 7.24. The van der Waals surface area contributed by atoms with E-state index in [1.54, 1.807) is 30.5 Å². The van der Waals surface area contributed by atoms with Gasteiger partial charge in [0.1, 0.15) is 12.1 Å². The van der Waals surface area contributed by atoms with Crippen LogP contribution in [0.4, 0.5) is 4.39 Å². The van der Waals surface area contributed by atoms with E-state index in [0.717, 1.165) is 17.6 Å². The Hall–Kier alpha value is -3.34. The topological polar surface area (TPSA) is 47.8 Å². The highest BCUT2D eigenvalue weighted by atomic mass is 19.1. The molecule has 0 spiro atoms. The Kier molecular flexibility index (Phi) is 4.01. The summed E-state index contributed by atoms with van der Waals surface area (Å²) in [6, 6.07) is 8.59. The first kappa shape index (κ1) is 16.8. The Balaban J connectivity index is 1.44. The number of rotatable bonds is 3. The number of allylic oxidation sites excluding steroid dienone is 6. The van der Waals surface area contributed by atoms with Gasteiger partial charge in [-0.15, -0.1) is 0 Å². The molecule has 5 rings (SSSR count). The summed E-state index contributed by atoms with van der Waals surface area (Å²) in [6.07, 6.45) is 15.0. The lowest BCUT2D eigenvalue weighted by atomic mass is 9.86. The molecule has 0 amide bonds. The van der Waals surface area contributed by atoms with Gasteiger partial charge < -0.3 is 0 Å². The van der Waals surface area contributed by atoms with Gasteiger partial charge in [-0.3, -0.25) is 9.36 Å². The van der Waals surface area contributed by atoms with E-state index >= 15 is 0 Å². The molecule has 5 heteroatoms. The molecule has 0 saturated heterocycles. The monoisotopic (exact) mass is 371 g/mol. The first-order valence-corrected chi connectivity index (χ1v) is 9.35. The molecule has 4 nitrogen and oxygen atoms in total. The normalized spacial score (nSPS) is 20.4. The number of hydrogen-bond acceptors (Lipinski definition) is 3. The van der Waals surface area contributed by atoms with E-state index < -0.39 is 0 Å². The van der Waals surface area contributed by atoms with E-state index in [-0.39, 0.29) is 17.9 Å². The number of nitrogens with zero attached hydrogens (tertiary/aromatic N) is 3. The molecule has 2 aliphatic rings. The summed E-state index contributed by atoms with van der Waals surface area (Å²) >= 11 is 0. The number of halogens is 1. The molecule has 138 valence electrons. The highest BCUT2D eigenvalue weighted by molar-refractivity contribution is 5.76. The van der Waals surface area contributed by atoms with E-state index in [4.69, 9.17) is 0 Å². The van der Waals surface area contributed by atoms with Crippen molar-refractivity contribution in [2.24, 2.45) is 11.8 Å². The summed E-state index contributed by atoms with van der Waals surface area (Å²) in [7, 11) is 0. The van der Waals surface area contributed by atoms with Crippen molar-refractivity contribution in [3.63, 3.8) is 0 Å². The number of hydrogen-bond donors (Lipinski definition) is 0. The molecule has 0 aliphatic heterocycles. The largest absolute Gasteiger partial charge is 0.294 e. The van der Waals surface area contributed by atoms with E-state index in [1.807, 2.05) is 6.07 Å². The molecule has 2 aromatic heterocycles. The first-order chi connectivity index (χ1) is 13.7. The van der Waals surface area contributed by atoms with Crippen molar-refractivity contribution in [2.75, 3.05) is 0 Å². The van der Waals surface area contributed by atoms with Gasteiger partial charge in [-0.2, -0.15) is 0 Å². The third kappa shape index (κ3) is 2.89. The lowest BCUT2D eigenvalue weighted by Crippen LogP contribution is -2.22. The fourth-order valence-corrected chi connectivity index (χ4v) is 3.92. The predicted octanol–water partition coefficient (Wildman–Crippen LogP) is 4.12. The average Bonchev–Trinajstić information content (AvgIpc) is 3.19. The molecule has 28 heavy (non-hydrogen) atoms. The lowest BCUT2D eigenvalue weighted by Gasteiger charge is -2.19. The summed E-state index contributed by atoms with van der Waals surface area (Å²) in [5, 5.41) is 0.430. The van der Waals surface area contributed by atoms with Crippen LogP contribution in [0.15, 0.2) is 78.0 Å². The van der Waals surface area contributed by atoms with Crippen LogP contribution in [0.3, 0.4) is 0 Å². The maximum Gasteiger partial charge on any atom is 0.263 e. The van der Waals surface area contributed by atoms with Crippen LogP contribution in [0.5, 0.6) is 0 Å². The van der Waals surface area contributed by atoms with Gasteiger partial charge in [0, 0.05) is 17.7 Å². The number of pyridine rings is 1. The van der Waals surface area contributed by atoms with E-state index in [0.29, 0.717) is 28.4 Å². The molecule has 0 bridgehead atoms. The van der Waals surface area contributed by atoms with Crippen molar-refractivity contribution in [1.82, 2.24) is 14.5 Å². The molecular weight excluding hydrogens is 353 g/mol. The van der Waals surface area contributed by atoms with Gasteiger partial charge in [0.2, 0.25) is 0 Å². The van der Waals surface area contributed by atoms with Gasteiger partial charge in [-0.25, -0.2) is 14.4 Å². The van der Waals surface area contributed by atoms with Crippen LogP contribution in [-0.4, -0.2) is 14.5 Å². The highest BCUT2D eigenvalue weighted by Gasteiger charge is 2.22. The summed E-state index contributed by atoms with van der Waals surface area (Å²) in [5.41, 5.74) is 2.54. The van der Waals surface area contributed by atoms with Crippen molar-refractivity contribution < 1.29 is 4.39 Å². The Labute approximate surface area is 161 Å². The average molecular weight is 371 g/mol. The van der Waals surface area contributed by atoms with Crippen molar-refractivity contribution >= 4 is 16.6 Å². The molecule has 2 aliphatic carbocycles. The van der Waals surface area contributed by atoms with Gasteiger partial charge in [0.25, 0.3) is 5.56 Å². The summed E-state index contributed by atoms with van der Waals surface area (Å²) in [6.45, 7) is 0.131. The first-order valence-electron chi connectivity index (χ1n) is 9.35. The summed E-state index contributed by atoms with van der Waals surface area (Å²) in [4.78, 5) is 20.9. The van der Waals surface area contributed by atoms with E-state index in [2.05, 4.69) is 40.3 Å². The van der Waals surface area contributed by atoms with Crippen molar-refractivity contribution in [3.8, 4) is 0 Å². The fourth-order valence-electron chi connectivity index (χ4n) is 3.92. The van der Waals surface area contributed by atoms with Crippen LogP contribution >= 0.6 is 0 Å². The van der Waals surface area contributed by atoms with Crippen molar-refractivity contribution in [2.45, 2.75) is 13.0 Å². The summed E-state index contributed by atoms with van der Waals surface area (Å²) < 4.78 is 16.2. The zero-order valence-corrected chi connectivity index (χ0v) is 15.1. The molecule has 0 radical (unpaired) electrons. The molecule has 0 N–H and O–H groups in total. The van der Waals surface area contributed by atoms with Gasteiger partial charge in [-0.1, -0.05) is 42.5 Å². The maximum atomic E-state index is 14.8. The number of fused-ring (bicyclic) bond motifs is 2. The minimum Gasteiger partial charge on any atom is -0.294 e. The number of benzene rings is 1. The molecule has 3 aromatic rings. The van der Waals surface area contributed by atoms with Crippen LogP contribution in [0.25, 0.3) is 16.6 Å². The minimum atomic E-state index is -0.323. The van der Waals surface area contributed by atoms with E-state index in [1.165, 1.54) is 10.9 Å². The molecule has 0 fully saturated rings. The lowest BCUT2D eigenvalue weighted by molar-refractivity contribution is 0.593. The zero-order chi connectivity index (χ0) is 19.1. The van der Waals surface area contributed by atoms with Crippen LogP contribution in [0.2, 0.25) is 0 Å². The van der Waals surface area contributed by atoms with E-state index in [9.17, 15) is 9.18 Å². The smallest absolute Gasteiger partial charge is 0.263 e. The van der Waals surface area contributed by atoms with Crippen molar-refractivity contribution in [3.05, 3.63) is 101 Å². The Morgan fingerprint density at radius 3 is 3.00 bits per heavy atom. The van der Waals surface area contributed by atoms with Crippen LogP contribution in [0, 0.1) is 17.7 Å². The SMILES string of the molecule is O=c1c2cccnc2ncn1Cc1ccc(C2=CC3CC=CC3C=C2)cc1F. The third-order valence-corrected chi connectivity index (χ3v) is 5.48. The van der Waals surface area contributed by atoms with Crippen molar-refractivity contribution in [1.29, 1.82) is 0 Å². The second-order valence-corrected chi connectivity index (χ2v) is 7.24.